The van der Waals surface area contributed by atoms with Crippen LogP contribution in [0.4, 0.5) is 0 Å². The molecular weight excluding hydrogens is 315 g/mol. The van der Waals surface area contributed by atoms with Crippen LogP contribution in [0.3, 0.4) is 0 Å². The number of H-pyrrole nitrogens is 1. The van der Waals surface area contributed by atoms with Gasteiger partial charge in [0.1, 0.15) is 0 Å². The van der Waals surface area contributed by atoms with Crippen molar-refractivity contribution in [2.75, 3.05) is 6.54 Å². The Labute approximate surface area is 134 Å². The molecule has 21 heavy (non-hydrogen) atoms. The Kier molecular flexibility index (Phi) is 5.77. The average molecular weight is 333 g/mol. The predicted molar refractivity (Wildman–Crippen MR) is 83.9 cm³/mol. The summed E-state index contributed by atoms with van der Waals surface area (Å²) in [6, 6.07) is 0. The number of fused-ring (bicyclic) bond motifs is 3. The number of carbonyl (C=O) groups is 1. The third-order valence-electron chi connectivity index (χ3n) is 3.46. The largest absolute Gasteiger partial charge is 0.364 e. The maximum absolute atomic E-state index is 11.5. The summed E-state index contributed by atoms with van der Waals surface area (Å²) in [7, 11) is 0. The van der Waals surface area contributed by atoms with Gasteiger partial charge in [-0.25, -0.2) is 0 Å². The number of aryl methyl sites for hydroxylation is 2. The molecule has 2 aromatic rings. The second kappa shape index (κ2) is 6.93. The standard InChI is InChI=1S/C12H16N6O.2ClH/c13-4-1-5-18-11-7(10(17-18)12(14)19)2-3-9-8(11)6-15-16-9;;/h6H,1-5,13H2,(H2,14,19)(H,15,16);2*1H. The number of hydrogen-bond acceptors (Lipinski definition) is 4. The van der Waals surface area contributed by atoms with Gasteiger partial charge in [-0.3, -0.25) is 14.6 Å². The zero-order valence-electron chi connectivity index (χ0n) is 11.3. The Morgan fingerprint density at radius 1 is 1.38 bits per heavy atom. The number of nitrogens with one attached hydrogen (secondary N) is 1. The Hall–Kier alpha value is -1.57. The summed E-state index contributed by atoms with van der Waals surface area (Å²) in [5, 5.41) is 11.4. The number of aromatic amines is 1. The highest BCUT2D eigenvalue weighted by molar-refractivity contribution is 5.94. The SMILES string of the molecule is Cl.Cl.NCCCn1nc(C(N)=O)c2c1-c1cn[nH]c1CC2. The number of carbonyl (C=O) groups excluding carboxylic acids is 1. The van der Waals surface area contributed by atoms with E-state index in [4.69, 9.17) is 11.5 Å². The first-order chi connectivity index (χ1) is 9.22. The highest BCUT2D eigenvalue weighted by atomic mass is 35.5. The number of rotatable bonds is 4. The number of halogens is 2. The average Bonchev–Trinajstić information content (AvgIpc) is 2.99. The Bertz CT molecular complexity index is 636. The fraction of sp³-hybridized carbons (Fsp3) is 0.417. The number of hydrogen-bond donors (Lipinski definition) is 3. The summed E-state index contributed by atoms with van der Waals surface area (Å²) in [5.41, 5.74) is 15.3. The van der Waals surface area contributed by atoms with Crippen molar-refractivity contribution >= 4 is 30.7 Å². The van der Waals surface area contributed by atoms with Gasteiger partial charge < -0.3 is 11.5 Å². The van der Waals surface area contributed by atoms with Crippen LogP contribution in [-0.2, 0) is 19.4 Å². The van der Waals surface area contributed by atoms with E-state index in [9.17, 15) is 4.79 Å². The molecule has 0 radical (unpaired) electrons. The normalized spacial score (nSPS) is 11.9. The Balaban J connectivity index is 0.00000110. The Morgan fingerprint density at radius 2 is 2.14 bits per heavy atom. The van der Waals surface area contributed by atoms with Gasteiger partial charge in [0.2, 0.25) is 0 Å². The summed E-state index contributed by atoms with van der Waals surface area (Å²) in [6.45, 7) is 1.26. The monoisotopic (exact) mass is 332 g/mol. The minimum atomic E-state index is -0.477. The summed E-state index contributed by atoms with van der Waals surface area (Å²) >= 11 is 0. The minimum absolute atomic E-state index is 0. The van der Waals surface area contributed by atoms with E-state index >= 15 is 0 Å². The molecule has 0 saturated heterocycles. The lowest BCUT2D eigenvalue weighted by Crippen LogP contribution is -2.15. The highest BCUT2D eigenvalue weighted by Gasteiger charge is 2.28. The van der Waals surface area contributed by atoms with Crippen molar-refractivity contribution in [1.82, 2.24) is 20.0 Å². The van der Waals surface area contributed by atoms with Crippen LogP contribution in [0.25, 0.3) is 11.3 Å². The van der Waals surface area contributed by atoms with E-state index in [2.05, 4.69) is 15.3 Å². The van der Waals surface area contributed by atoms with Gasteiger partial charge in [-0.1, -0.05) is 0 Å². The minimum Gasteiger partial charge on any atom is -0.364 e. The van der Waals surface area contributed by atoms with Crippen molar-refractivity contribution in [3.8, 4) is 11.3 Å². The van der Waals surface area contributed by atoms with Crippen molar-refractivity contribution in [3.05, 3.63) is 23.1 Å². The third-order valence-corrected chi connectivity index (χ3v) is 3.46. The van der Waals surface area contributed by atoms with E-state index in [1.165, 1.54) is 0 Å². The van der Waals surface area contributed by atoms with Gasteiger partial charge in [0.05, 0.1) is 11.9 Å². The number of nitrogens with zero attached hydrogens (tertiary/aromatic N) is 3. The maximum Gasteiger partial charge on any atom is 0.269 e. The molecule has 0 aliphatic heterocycles. The molecule has 0 atom stereocenters. The predicted octanol–water partition coefficient (Wildman–Crippen LogP) is 0.663. The van der Waals surface area contributed by atoms with Gasteiger partial charge in [-0.05, 0) is 25.8 Å². The molecule has 0 fully saturated rings. The lowest BCUT2D eigenvalue weighted by atomic mass is 9.94. The number of aromatic nitrogens is 4. The summed E-state index contributed by atoms with van der Waals surface area (Å²) in [6.07, 6.45) is 4.16. The number of primary amides is 1. The van der Waals surface area contributed by atoms with Gasteiger partial charge >= 0.3 is 0 Å². The topological polar surface area (TPSA) is 116 Å². The van der Waals surface area contributed by atoms with Crippen LogP contribution in [0, 0.1) is 0 Å². The highest BCUT2D eigenvalue weighted by Crippen LogP contribution is 2.34. The van der Waals surface area contributed by atoms with Crippen molar-refractivity contribution < 1.29 is 4.79 Å². The zero-order valence-corrected chi connectivity index (χ0v) is 13.0. The zero-order chi connectivity index (χ0) is 13.4. The first kappa shape index (κ1) is 17.5. The lowest BCUT2D eigenvalue weighted by Gasteiger charge is -2.14. The van der Waals surface area contributed by atoms with Crippen molar-refractivity contribution in [1.29, 1.82) is 0 Å². The maximum atomic E-state index is 11.5. The van der Waals surface area contributed by atoms with E-state index in [-0.39, 0.29) is 24.8 Å². The van der Waals surface area contributed by atoms with E-state index in [1.807, 2.05) is 4.68 Å². The first-order valence-corrected chi connectivity index (χ1v) is 6.34. The molecule has 0 spiro atoms. The molecule has 0 aromatic carbocycles. The molecule has 2 heterocycles. The van der Waals surface area contributed by atoms with Crippen LogP contribution in [0.2, 0.25) is 0 Å². The summed E-state index contributed by atoms with van der Waals surface area (Å²) < 4.78 is 1.83. The molecule has 2 aromatic heterocycles. The van der Waals surface area contributed by atoms with E-state index in [0.717, 1.165) is 41.8 Å². The molecule has 5 N–H and O–H groups in total. The van der Waals surface area contributed by atoms with Crippen LogP contribution in [0.15, 0.2) is 6.20 Å². The molecule has 0 bridgehead atoms. The molecule has 3 rings (SSSR count). The molecule has 7 nitrogen and oxygen atoms in total. The Morgan fingerprint density at radius 3 is 2.81 bits per heavy atom. The van der Waals surface area contributed by atoms with Crippen LogP contribution in [0.1, 0.15) is 28.2 Å². The second-order valence-corrected chi connectivity index (χ2v) is 4.67. The third kappa shape index (κ3) is 2.90. The molecule has 9 heteroatoms. The van der Waals surface area contributed by atoms with Crippen LogP contribution < -0.4 is 11.5 Å². The molecule has 0 saturated carbocycles. The molecule has 1 amide bonds. The van der Waals surface area contributed by atoms with E-state index < -0.39 is 5.91 Å². The summed E-state index contributed by atoms with van der Waals surface area (Å²) in [4.78, 5) is 11.5. The quantitative estimate of drug-likeness (QED) is 0.762. The van der Waals surface area contributed by atoms with Crippen molar-refractivity contribution in [3.63, 3.8) is 0 Å². The number of amides is 1. The number of nitrogens with two attached hydrogens (primary N) is 2. The molecule has 0 unspecified atom stereocenters. The second-order valence-electron chi connectivity index (χ2n) is 4.67. The first-order valence-electron chi connectivity index (χ1n) is 6.34. The van der Waals surface area contributed by atoms with Gasteiger partial charge in [-0.2, -0.15) is 10.2 Å². The fourth-order valence-corrected chi connectivity index (χ4v) is 2.60. The van der Waals surface area contributed by atoms with Gasteiger partial charge in [0, 0.05) is 23.4 Å². The van der Waals surface area contributed by atoms with Crippen LogP contribution in [-0.4, -0.2) is 32.4 Å². The molecular formula is C12H18Cl2N6O. The van der Waals surface area contributed by atoms with E-state index in [1.54, 1.807) is 6.20 Å². The molecule has 1 aliphatic carbocycles. The van der Waals surface area contributed by atoms with Gasteiger partial charge in [-0.15, -0.1) is 24.8 Å². The summed E-state index contributed by atoms with van der Waals surface area (Å²) in [5.74, 6) is -0.477. The van der Waals surface area contributed by atoms with E-state index in [0.29, 0.717) is 18.8 Å². The molecule has 116 valence electrons. The van der Waals surface area contributed by atoms with Crippen LogP contribution >= 0.6 is 24.8 Å². The van der Waals surface area contributed by atoms with Gasteiger partial charge in [0.25, 0.3) is 5.91 Å². The smallest absolute Gasteiger partial charge is 0.269 e. The molecule has 1 aliphatic rings. The van der Waals surface area contributed by atoms with Gasteiger partial charge in [0.15, 0.2) is 5.69 Å². The van der Waals surface area contributed by atoms with Crippen molar-refractivity contribution in [2.45, 2.75) is 25.8 Å². The van der Waals surface area contributed by atoms with Crippen LogP contribution in [0.5, 0.6) is 0 Å². The lowest BCUT2D eigenvalue weighted by molar-refractivity contribution is 0.0994. The fourth-order valence-electron chi connectivity index (χ4n) is 2.60. The van der Waals surface area contributed by atoms with Crippen molar-refractivity contribution in [2.24, 2.45) is 11.5 Å².